The lowest BCUT2D eigenvalue weighted by Crippen LogP contribution is -1.95. The van der Waals surface area contributed by atoms with Gasteiger partial charge in [-0.1, -0.05) is 84.9 Å². The number of hydrogen-bond donors (Lipinski definition) is 0. The van der Waals surface area contributed by atoms with Crippen LogP contribution in [0.25, 0.3) is 71.1 Å². The Labute approximate surface area is 231 Å². The van der Waals surface area contributed by atoms with E-state index in [1.54, 1.807) is 6.08 Å². The lowest BCUT2D eigenvalue weighted by molar-refractivity contribution is 1.23. The summed E-state index contributed by atoms with van der Waals surface area (Å²) in [6.45, 7) is 7.62. The van der Waals surface area contributed by atoms with E-state index in [9.17, 15) is 5.26 Å². The molecule has 40 heavy (non-hydrogen) atoms. The van der Waals surface area contributed by atoms with E-state index in [-0.39, 0.29) is 0 Å². The smallest absolute Gasteiger partial charge is 0.177 e. The van der Waals surface area contributed by atoms with Crippen molar-refractivity contribution < 1.29 is 0 Å². The highest BCUT2D eigenvalue weighted by atomic mass is 15.0. The first-order valence-corrected chi connectivity index (χ1v) is 13.0. The second kappa shape index (κ2) is 9.48. The zero-order valence-electron chi connectivity index (χ0n) is 21.5. The zero-order chi connectivity index (χ0) is 27.1. The van der Waals surface area contributed by atoms with Crippen LogP contribution in [0.1, 0.15) is 0 Å². The Morgan fingerprint density at radius 2 is 1.27 bits per heavy atom. The van der Waals surface area contributed by atoms with Gasteiger partial charge in [0, 0.05) is 33.4 Å². The van der Waals surface area contributed by atoms with Crippen molar-refractivity contribution in [3.05, 3.63) is 145 Å². The molecule has 0 aliphatic rings. The molecule has 5 aromatic carbocycles. The summed E-state index contributed by atoms with van der Waals surface area (Å²) in [7, 11) is 0. The number of benzene rings is 5. The van der Waals surface area contributed by atoms with Crippen molar-refractivity contribution in [2.24, 2.45) is 0 Å². The van der Waals surface area contributed by atoms with E-state index < -0.39 is 0 Å². The van der Waals surface area contributed by atoms with E-state index in [1.165, 1.54) is 27.7 Å². The second-order valence-electron chi connectivity index (χ2n) is 9.65. The first-order valence-electron chi connectivity index (χ1n) is 13.0. The Morgan fingerprint density at radius 1 is 0.675 bits per heavy atom. The van der Waals surface area contributed by atoms with Crippen LogP contribution >= 0.6 is 0 Å². The summed E-state index contributed by atoms with van der Waals surface area (Å²) in [5.41, 5.74) is 5.22. The Balaban J connectivity index is 1.41. The van der Waals surface area contributed by atoms with Gasteiger partial charge in [-0.3, -0.25) is 0 Å². The number of para-hydroxylation sites is 3. The van der Waals surface area contributed by atoms with Gasteiger partial charge in [-0.2, -0.15) is 5.26 Å². The van der Waals surface area contributed by atoms with Gasteiger partial charge in [0.1, 0.15) is 0 Å². The molecule has 0 saturated heterocycles. The van der Waals surface area contributed by atoms with Gasteiger partial charge in [0.15, 0.2) is 6.20 Å². The monoisotopic (exact) mass is 510 g/mol. The molecule has 0 atom stereocenters. The number of allylic oxidation sites excluding steroid dienone is 4. The molecule has 0 radical (unpaired) electrons. The fourth-order valence-corrected chi connectivity index (χ4v) is 5.79. The van der Waals surface area contributed by atoms with Gasteiger partial charge in [-0.15, -0.1) is 0 Å². The third kappa shape index (κ3) is 3.60. The summed E-state index contributed by atoms with van der Waals surface area (Å²) >= 11 is 0. The average Bonchev–Trinajstić information content (AvgIpc) is 3.52. The molecule has 2 heterocycles. The first kappa shape index (κ1) is 23.3. The maximum absolute atomic E-state index is 10.2. The molecular weight excluding hydrogens is 488 g/mol. The van der Waals surface area contributed by atoms with Gasteiger partial charge in [-0.25, -0.2) is 4.85 Å². The lowest BCUT2D eigenvalue weighted by atomic mass is 10.0. The van der Waals surface area contributed by atoms with Crippen molar-refractivity contribution in [3.63, 3.8) is 0 Å². The Bertz CT molecular complexity index is 2240. The summed E-state index contributed by atoms with van der Waals surface area (Å²) in [6.07, 6.45) is 7.05. The van der Waals surface area contributed by atoms with Gasteiger partial charge in [-0.05, 0) is 47.2 Å². The van der Waals surface area contributed by atoms with E-state index in [2.05, 4.69) is 86.8 Å². The maximum Gasteiger partial charge on any atom is 0.177 e. The number of nitrogens with zero attached hydrogens (tertiary/aromatic N) is 4. The summed E-state index contributed by atoms with van der Waals surface area (Å²) in [5.74, 6) is 0. The first-order chi connectivity index (χ1) is 19.8. The van der Waals surface area contributed by atoms with Crippen LogP contribution in [-0.4, -0.2) is 9.13 Å². The van der Waals surface area contributed by atoms with Crippen LogP contribution in [0.4, 0.5) is 0 Å². The second-order valence-corrected chi connectivity index (χ2v) is 9.65. The third-order valence-corrected chi connectivity index (χ3v) is 7.47. The highest BCUT2D eigenvalue weighted by Gasteiger charge is 2.14. The zero-order valence-corrected chi connectivity index (χ0v) is 21.5. The minimum absolute atomic E-state index is 0.448. The summed E-state index contributed by atoms with van der Waals surface area (Å²) in [4.78, 5) is 3.60. The topological polar surface area (TPSA) is 38.0 Å². The number of aromatic nitrogens is 2. The highest BCUT2D eigenvalue weighted by Crippen LogP contribution is 2.35. The number of fused-ring (bicyclic) bond motifs is 8. The van der Waals surface area contributed by atoms with Gasteiger partial charge in [0.25, 0.3) is 0 Å². The normalized spacial score (nSPS) is 12.7. The largest absolute Gasteiger partial charge is 0.320 e. The average molecular weight is 511 g/mol. The molecule has 0 amide bonds. The van der Waals surface area contributed by atoms with Gasteiger partial charge >= 0.3 is 0 Å². The van der Waals surface area contributed by atoms with Crippen LogP contribution in [0.5, 0.6) is 0 Å². The van der Waals surface area contributed by atoms with E-state index in [0.717, 1.165) is 32.8 Å². The molecule has 0 saturated carbocycles. The molecule has 0 bridgehead atoms. The van der Waals surface area contributed by atoms with Gasteiger partial charge < -0.3 is 9.13 Å². The molecule has 0 aliphatic heterocycles. The van der Waals surface area contributed by atoms with Crippen LogP contribution in [-0.2, 0) is 0 Å². The predicted octanol–water partition coefficient (Wildman–Crippen LogP) is 9.39. The molecule has 2 aromatic heterocycles. The number of rotatable bonds is 4. The SMILES string of the molecule is [C-]#[N+]/C=C(/C=C(C#N)\C=C\n1c2ccccc2c2c3ccccc3ccc21)n1c2ccccc2c2ccccc21. The van der Waals surface area contributed by atoms with Crippen molar-refractivity contribution >= 4 is 66.3 Å². The quantitative estimate of drug-likeness (QED) is 0.132. The van der Waals surface area contributed by atoms with E-state index in [0.29, 0.717) is 11.3 Å². The van der Waals surface area contributed by atoms with Gasteiger partial charge in [0.2, 0.25) is 0 Å². The van der Waals surface area contributed by atoms with E-state index >= 15 is 0 Å². The van der Waals surface area contributed by atoms with E-state index in [4.69, 9.17) is 6.57 Å². The van der Waals surface area contributed by atoms with Crippen LogP contribution in [0.15, 0.2) is 133 Å². The molecule has 0 unspecified atom stereocenters. The molecule has 0 aliphatic carbocycles. The van der Waals surface area contributed by atoms with Crippen molar-refractivity contribution in [3.8, 4) is 6.07 Å². The molecular formula is C36H22N4. The highest BCUT2D eigenvalue weighted by molar-refractivity contribution is 6.21. The fourth-order valence-electron chi connectivity index (χ4n) is 5.79. The Hall–Kier alpha value is -5.84. The van der Waals surface area contributed by atoms with Crippen molar-refractivity contribution in [1.82, 2.24) is 9.13 Å². The number of nitriles is 1. The maximum atomic E-state index is 10.2. The Kier molecular flexibility index (Phi) is 5.52. The summed E-state index contributed by atoms with van der Waals surface area (Å²) < 4.78 is 4.20. The van der Waals surface area contributed by atoms with Crippen LogP contribution in [0, 0.1) is 17.9 Å². The molecule has 4 heteroatoms. The van der Waals surface area contributed by atoms with Crippen LogP contribution < -0.4 is 0 Å². The molecule has 0 N–H and O–H groups in total. The minimum atomic E-state index is 0.448. The molecule has 0 fully saturated rings. The molecule has 7 aromatic rings. The van der Waals surface area contributed by atoms with Crippen LogP contribution in [0.3, 0.4) is 0 Å². The summed E-state index contributed by atoms with van der Waals surface area (Å²) in [6, 6.07) is 39.7. The predicted molar refractivity (Wildman–Crippen MR) is 166 cm³/mol. The van der Waals surface area contributed by atoms with Crippen molar-refractivity contribution in [2.45, 2.75) is 0 Å². The fraction of sp³-hybridized carbons (Fsp3) is 0. The Morgan fingerprint density at radius 3 is 1.95 bits per heavy atom. The number of hydrogen-bond acceptors (Lipinski definition) is 1. The van der Waals surface area contributed by atoms with Crippen molar-refractivity contribution in [1.29, 1.82) is 5.26 Å². The molecule has 0 spiro atoms. The van der Waals surface area contributed by atoms with E-state index in [1.807, 2.05) is 54.7 Å². The lowest BCUT2D eigenvalue weighted by Gasteiger charge is -2.09. The molecule has 7 rings (SSSR count). The standard InChI is InChI=1S/C36H22N4/c1-38-24-27(40-33-16-8-4-12-29(33)30-13-5-9-17-34(30)40)22-25(23-37)20-21-39-32-15-7-6-14-31(32)36-28-11-3-2-10-26(28)18-19-35(36)39/h2-22,24H/b21-20+,25-22+,27-24-. The summed E-state index contributed by atoms with van der Waals surface area (Å²) in [5, 5.41) is 17.1. The third-order valence-electron chi connectivity index (χ3n) is 7.47. The minimum Gasteiger partial charge on any atom is -0.320 e. The molecule has 186 valence electrons. The van der Waals surface area contributed by atoms with Crippen LogP contribution in [0.2, 0.25) is 0 Å². The molecule has 4 nitrogen and oxygen atoms in total. The van der Waals surface area contributed by atoms with Gasteiger partial charge in [0.05, 0.1) is 40.3 Å². The van der Waals surface area contributed by atoms with Crippen molar-refractivity contribution in [2.75, 3.05) is 0 Å².